The van der Waals surface area contributed by atoms with Crippen LogP contribution in [0.3, 0.4) is 0 Å². The van der Waals surface area contributed by atoms with Crippen LogP contribution in [-0.4, -0.2) is 41.1 Å². The number of pyridine rings is 1. The van der Waals surface area contributed by atoms with Crippen molar-refractivity contribution in [2.24, 2.45) is 0 Å². The van der Waals surface area contributed by atoms with Gasteiger partial charge in [0.1, 0.15) is 18.5 Å². The number of aliphatic hydroxyl groups is 2. The molecule has 2 rings (SSSR count). The first-order chi connectivity index (χ1) is 12.2. The number of aliphatic hydroxyl groups excluding tert-OH is 2. The van der Waals surface area contributed by atoms with Crippen LogP contribution in [0.15, 0.2) is 42.6 Å². The smallest absolute Gasteiger partial charge is 0.130 e. The van der Waals surface area contributed by atoms with Crippen LogP contribution in [0.5, 0.6) is 5.75 Å². The molecule has 0 aliphatic heterocycles. The Kier molecular flexibility index (Phi) is 7.85. The van der Waals surface area contributed by atoms with Gasteiger partial charge < -0.3 is 19.7 Å². The lowest BCUT2D eigenvalue weighted by atomic mass is 10.1. The van der Waals surface area contributed by atoms with Crippen LogP contribution >= 0.6 is 0 Å². The van der Waals surface area contributed by atoms with E-state index in [-0.39, 0.29) is 19.3 Å². The van der Waals surface area contributed by atoms with E-state index >= 15 is 0 Å². The Balaban J connectivity index is 1.85. The van der Waals surface area contributed by atoms with Gasteiger partial charge in [-0.3, -0.25) is 4.98 Å². The Hall–Kier alpha value is -1.95. The van der Waals surface area contributed by atoms with Gasteiger partial charge in [-0.05, 0) is 42.7 Å². The van der Waals surface area contributed by atoms with Crippen LogP contribution in [0, 0.1) is 0 Å². The van der Waals surface area contributed by atoms with Crippen molar-refractivity contribution in [3.63, 3.8) is 0 Å². The van der Waals surface area contributed by atoms with Crippen molar-refractivity contribution in [3.05, 3.63) is 59.4 Å². The minimum Gasteiger partial charge on any atom is -0.490 e. The average Bonchev–Trinajstić information content (AvgIpc) is 2.66. The molecule has 136 valence electrons. The summed E-state index contributed by atoms with van der Waals surface area (Å²) in [5.41, 5.74) is 2.81. The van der Waals surface area contributed by atoms with Gasteiger partial charge >= 0.3 is 0 Å². The number of ether oxygens (including phenoxy) is 2. The van der Waals surface area contributed by atoms with Gasteiger partial charge in [0.15, 0.2) is 0 Å². The third kappa shape index (κ3) is 6.12. The van der Waals surface area contributed by atoms with E-state index in [0.717, 1.165) is 17.5 Å². The summed E-state index contributed by atoms with van der Waals surface area (Å²) in [6.07, 6.45) is 2.41. The zero-order chi connectivity index (χ0) is 18.1. The van der Waals surface area contributed by atoms with Crippen molar-refractivity contribution < 1.29 is 19.7 Å². The molecule has 0 aliphatic carbocycles. The maximum absolute atomic E-state index is 10.2. The third-order valence-corrected chi connectivity index (χ3v) is 4.00. The van der Waals surface area contributed by atoms with Crippen LogP contribution in [0.1, 0.15) is 36.8 Å². The highest BCUT2D eigenvalue weighted by molar-refractivity contribution is 5.28. The Morgan fingerprint density at radius 2 is 1.76 bits per heavy atom. The zero-order valence-electron chi connectivity index (χ0n) is 14.9. The lowest BCUT2D eigenvalue weighted by Gasteiger charge is -2.15. The highest BCUT2D eigenvalue weighted by Crippen LogP contribution is 2.17. The molecule has 1 unspecified atom stereocenters. The molecule has 2 N–H and O–H groups in total. The van der Waals surface area contributed by atoms with Gasteiger partial charge in [0.05, 0.1) is 18.4 Å². The van der Waals surface area contributed by atoms with Crippen LogP contribution in [0.2, 0.25) is 0 Å². The van der Waals surface area contributed by atoms with E-state index in [1.165, 1.54) is 0 Å². The molecule has 25 heavy (non-hydrogen) atoms. The Morgan fingerprint density at radius 1 is 1.04 bits per heavy atom. The molecule has 5 heteroatoms. The molecule has 0 bridgehead atoms. The number of hydrogen-bond donors (Lipinski definition) is 2. The van der Waals surface area contributed by atoms with Gasteiger partial charge in [0.25, 0.3) is 0 Å². The predicted octanol–water partition coefficient (Wildman–Crippen LogP) is 2.70. The summed E-state index contributed by atoms with van der Waals surface area (Å²) in [5.74, 6) is 0.685. The van der Waals surface area contributed by atoms with E-state index in [0.29, 0.717) is 24.5 Å². The van der Waals surface area contributed by atoms with E-state index < -0.39 is 6.10 Å². The standard InChI is InChI=1S/C20H27NO4/c1-3-15-7-10-19(21-12-15)20(23)14-25-17-8-5-16(6-9-17)11-18(13-22)24-4-2/h5-10,12,18,20,22-23H,3-4,11,13-14H2,1-2H3/t18-,20?/m0/s1. The van der Waals surface area contributed by atoms with Gasteiger partial charge in [-0.1, -0.05) is 25.1 Å². The number of hydrogen-bond acceptors (Lipinski definition) is 5. The first-order valence-corrected chi connectivity index (χ1v) is 8.73. The first-order valence-electron chi connectivity index (χ1n) is 8.73. The minimum absolute atomic E-state index is 0.00209. The normalized spacial score (nSPS) is 13.4. The van der Waals surface area contributed by atoms with E-state index in [1.54, 1.807) is 6.20 Å². The second-order valence-corrected chi connectivity index (χ2v) is 5.88. The van der Waals surface area contributed by atoms with Crippen molar-refractivity contribution in [1.82, 2.24) is 4.98 Å². The van der Waals surface area contributed by atoms with Crippen LogP contribution in [0.4, 0.5) is 0 Å². The van der Waals surface area contributed by atoms with Crippen molar-refractivity contribution in [2.45, 2.75) is 38.9 Å². The SMILES string of the molecule is CCO[C@H](CO)Cc1ccc(OCC(O)c2ccc(CC)cn2)cc1. The van der Waals surface area contributed by atoms with Gasteiger partial charge in [-0.15, -0.1) is 0 Å². The fraction of sp³-hybridized carbons (Fsp3) is 0.450. The van der Waals surface area contributed by atoms with E-state index in [9.17, 15) is 10.2 Å². The molecule has 2 aromatic rings. The van der Waals surface area contributed by atoms with Gasteiger partial charge in [-0.25, -0.2) is 0 Å². The highest BCUT2D eigenvalue weighted by atomic mass is 16.5. The second kappa shape index (κ2) is 10.1. The van der Waals surface area contributed by atoms with Gasteiger partial charge in [0.2, 0.25) is 0 Å². The largest absolute Gasteiger partial charge is 0.490 e. The molecular weight excluding hydrogens is 318 g/mol. The molecule has 0 aliphatic rings. The number of nitrogens with zero attached hydrogens (tertiary/aromatic N) is 1. The van der Waals surface area contributed by atoms with E-state index in [1.807, 2.05) is 43.3 Å². The molecule has 5 nitrogen and oxygen atoms in total. The summed E-state index contributed by atoms with van der Waals surface area (Å²) in [6.45, 7) is 4.71. The fourth-order valence-electron chi connectivity index (χ4n) is 2.50. The Bertz CT molecular complexity index is 613. The molecule has 1 aromatic carbocycles. The van der Waals surface area contributed by atoms with Crippen molar-refractivity contribution in [1.29, 1.82) is 0 Å². The minimum atomic E-state index is -0.762. The molecule has 0 radical (unpaired) electrons. The Morgan fingerprint density at radius 3 is 2.32 bits per heavy atom. The molecular formula is C20H27NO4. The van der Waals surface area contributed by atoms with Crippen molar-refractivity contribution in [2.75, 3.05) is 19.8 Å². The van der Waals surface area contributed by atoms with Gasteiger partial charge in [0, 0.05) is 19.2 Å². The summed E-state index contributed by atoms with van der Waals surface area (Å²) >= 11 is 0. The summed E-state index contributed by atoms with van der Waals surface area (Å²) < 4.78 is 11.1. The second-order valence-electron chi connectivity index (χ2n) is 5.88. The summed E-state index contributed by atoms with van der Waals surface area (Å²) in [4.78, 5) is 4.27. The summed E-state index contributed by atoms with van der Waals surface area (Å²) in [6, 6.07) is 11.4. The quantitative estimate of drug-likeness (QED) is 0.693. The van der Waals surface area contributed by atoms with Crippen LogP contribution in [0.25, 0.3) is 0 Å². The molecule has 0 saturated heterocycles. The molecule has 1 aromatic heterocycles. The lowest BCUT2D eigenvalue weighted by Crippen LogP contribution is -2.20. The number of benzene rings is 1. The van der Waals surface area contributed by atoms with E-state index in [4.69, 9.17) is 9.47 Å². The Labute approximate surface area is 149 Å². The maximum Gasteiger partial charge on any atom is 0.130 e. The zero-order valence-corrected chi connectivity index (χ0v) is 14.9. The van der Waals surface area contributed by atoms with Gasteiger partial charge in [-0.2, -0.15) is 0 Å². The fourth-order valence-corrected chi connectivity index (χ4v) is 2.50. The highest BCUT2D eigenvalue weighted by Gasteiger charge is 2.11. The monoisotopic (exact) mass is 345 g/mol. The molecule has 2 atom stereocenters. The molecule has 1 heterocycles. The van der Waals surface area contributed by atoms with Crippen LogP contribution < -0.4 is 4.74 Å². The van der Waals surface area contributed by atoms with Crippen molar-refractivity contribution >= 4 is 0 Å². The maximum atomic E-state index is 10.2. The number of aryl methyl sites for hydroxylation is 1. The number of rotatable bonds is 10. The van der Waals surface area contributed by atoms with Crippen molar-refractivity contribution in [3.8, 4) is 5.75 Å². The summed E-state index contributed by atoms with van der Waals surface area (Å²) in [5, 5.41) is 19.5. The molecule has 0 spiro atoms. The lowest BCUT2D eigenvalue weighted by molar-refractivity contribution is 0.0207. The number of aromatic nitrogens is 1. The molecule has 0 saturated carbocycles. The summed E-state index contributed by atoms with van der Waals surface area (Å²) in [7, 11) is 0. The topological polar surface area (TPSA) is 71.8 Å². The molecule has 0 amide bonds. The van der Waals surface area contributed by atoms with Crippen LogP contribution in [-0.2, 0) is 17.6 Å². The third-order valence-electron chi connectivity index (χ3n) is 4.00. The average molecular weight is 345 g/mol. The predicted molar refractivity (Wildman–Crippen MR) is 96.7 cm³/mol. The molecule has 0 fully saturated rings. The first kappa shape index (κ1) is 19.4. The van der Waals surface area contributed by atoms with E-state index in [2.05, 4.69) is 11.9 Å².